The van der Waals surface area contributed by atoms with E-state index < -0.39 is 6.43 Å². The van der Waals surface area contributed by atoms with Crippen molar-refractivity contribution in [1.82, 2.24) is 5.32 Å². The van der Waals surface area contributed by atoms with E-state index in [9.17, 15) is 8.78 Å². The third-order valence-corrected chi connectivity index (χ3v) is 3.50. The van der Waals surface area contributed by atoms with Gasteiger partial charge in [0.2, 0.25) is 0 Å². The molecule has 3 heteroatoms. The van der Waals surface area contributed by atoms with Gasteiger partial charge in [0, 0.05) is 5.56 Å². The summed E-state index contributed by atoms with van der Waals surface area (Å²) in [6.07, 6.45) is 0.628. The molecule has 0 unspecified atom stereocenters. The molecule has 1 saturated heterocycles. The van der Waals surface area contributed by atoms with Crippen molar-refractivity contribution in [3.63, 3.8) is 0 Å². The molecule has 2 rings (SSSR count). The van der Waals surface area contributed by atoms with Crippen LogP contribution in [0.3, 0.4) is 0 Å². The lowest BCUT2D eigenvalue weighted by atomic mass is 9.88. The van der Waals surface area contributed by atoms with Crippen LogP contribution in [-0.4, -0.2) is 13.1 Å². The van der Waals surface area contributed by atoms with Crippen molar-refractivity contribution in [1.29, 1.82) is 0 Å². The Morgan fingerprint density at radius 2 is 2.00 bits per heavy atom. The largest absolute Gasteiger partial charge is 0.317 e. The quantitative estimate of drug-likeness (QED) is 0.851. The van der Waals surface area contributed by atoms with Crippen LogP contribution in [0, 0.1) is 12.8 Å². The highest BCUT2D eigenvalue weighted by Gasteiger charge is 2.18. The first kappa shape index (κ1) is 12.5. The van der Waals surface area contributed by atoms with Crippen molar-refractivity contribution < 1.29 is 8.78 Å². The van der Waals surface area contributed by atoms with E-state index in [1.54, 1.807) is 12.1 Å². The SMILES string of the molecule is Cc1ccc(C(F)F)c(CC2CCNCC2)c1. The molecule has 1 nitrogen and oxygen atoms in total. The topological polar surface area (TPSA) is 12.0 Å². The maximum atomic E-state index is 12.9. The lowest BCUT2D eigenvalue weighted by Gasteiger charge is -2.23. The maximum absolute atomic E-state index is 12.9. The van der Waals surface area contributed by atoms with Crippen molar-refractivity contribution in [2.75, 3.05) is 13.1 Å². The third-order valence-electron chi connectivity index (χ3n) is 3.50. The first-order chi connectivity index (χ1) is 8.16. The fourth-order valence-corrected chi connectivity index (χ4v) is 2.52. The summed E-state index contributed by atoms with van der Waals surface area (Å²) in [6.45, 7) is 3.99. The Kier molecular flexibility index (Phi) is 4.11. The van der Waals surface area contributed by atoms with Crippen LogP contribution in [0.1, 0.15) is 36.0 Å². The van der Waals surface area contributed by atoms with Gasteiger partial charge >= 0.3 is 0 Å². The second-order valence-corrected chi connectivity index (χ2v) is 4.90. The molecule has 1 fully saturated rings. The van der Waals surface area contributed by atoms with Crippen LogP contribution in [-0.2, 0) is 6.42 Å². The second-order valence-electron chi connectivity index (χ2n) is 4.90. The molecular weight excluding hydrogens is 220 g/mol. The van der Waals surface area contributed by atoms with Crippen LogP contribution in [0.2, 0.25) is 0 Å². The minimum Gasteiger partial charge on any atom is -0.317 e. The van der Waals surface area contributed by atoms with E-state index in [-0.39, 0.29) is 5.56 Å². The van der Waals surface area contributed by atoms with Crippen molar-refractivity contribution in [2.45, 2.75) is 32.6 Å². The summed E-state index contributed by atoms with van der Waals surface area (Å²) in [5, 5.41) is 3.30. The minimum absolute atomic E-state index is 0.217. The van der Waals surface area contributed by atoms with E-state index in [1.165, 1.54) is 0 Å². The van der Waals surface area contributed by atoms with Gasteiger partial charge in [0.25, 0.3) is 6.43 Å². The summed E-state index contributed by atoms with van der Waals surface area (Å²) in [7, 11) is 0. The smallest absolute Gasteiger partial charge is 0.264 e. The highest BCUT2D eigenvalue weighted by atomic mass is 19.3. The zero-order chi connectivity index (χ0) is 12.3. The van der Waals surface area contributed by atoms with Gasteiger partial charge in [-0.2, -0.15) is 0 Å². The average molecular weight is 239 g/mol. The van der Waals surface area contributed by atoms with Crippen molar-refractivity contribution in [3.05, 3.63) is 34.9 Å². The lowest BCUT2D eigenvalue weighted by molar-refractivity contribution is 0.149. The normalized spacial score (nSPS) is 17.6. The fraction of sp³-hybridized carbons (Fsp3) is 0.571. The van der Waals surface area contributed by atoms with Gasteiger partial charge in [0.1, 0.15) is 0 Å². The first-order valence-electron chi connectivity index (χ1n) is 6.25. The van der Waals surface area contributed by atoms with Crippen LogP contribution in [0.5, 0.6) is 0 Å². The predicted octanol–water partition coefficient (Wildman–Crippen LogP) is 3.47. The Balaban J connectivity index is 2.14. The zero-order valence-corrected chi connectivity index (χ0v) is 10.2. The lowest BCUT2D eigenvalue weighted by Crippen LogP contribution is -2.28. The molecule has 1 aliphatic heterocycles. The van der Waals surface area contributed by atoms with Crippen LogP contribution in [0.4, 0.5) is 8.78 Å². The molecule has 1 aromatic rings. The van der Waals surface area contributed by atoms with E-state index in [2.05, 4.69) is 5.32 Å². The third kappa shape index (κ3) is 3.25. The van der Waals surface area contributed by atoms with Gasteiger partial charge in [-0.25, -0.2) is 8.78 Å². The number of hydrogen-bond acceptors (Lipinski definition) is 1. The van der Waals surface area contributed by atoms with Crippen LogP contribution < -0.4 is 5.32 Å². The van der Waals surface area contributed by atoms with Crippen LogP contribution in [0.15, 0.2) is 18.2 Å². The highest BCUT2D eigenvalue weighted by Crippen LogP contribution is 2.28. The van der Waals surface area contributed by atoms with Gasteiger partial charge in [0.05, 0.1) is 0 Å². The van der Waals surface area contributed by atoms with Crippen LogP contribution in [0.25, 0.3) is 0 Å². The van der Waals surface area contributed by atoms with Crippen molar-refractivity contribution in [2.24, 2.45) is 5.92 Å². The molecule has 17 heavy (non-hydrogen) atoms. The molecule has 0 atom stereocenters. The number of piperidine rings is 1. The molecule has 0 bridgehead atoms. The van der Waals surface area contributed by atoms with Crippen LogP contribution >= 0.6 is 0 Å². The van der Waals surface area contributed by atoms with E-state index in [4.69, 9.17) is 0 Å². The summed E-state index contributed by atoms with van der Waals surface area (Å²) in [5.41, 5.74) is 2.12. The molecule has 1 aliphatic rings. The zero-order valence-electron chi connectivity index (χ0n) is 10.2. The molecular formula is C14H19F2N. The maximum Gasteiger partial charge on any atom is 0.264 e. The second kappa shape index (κ2) is 5.58. The highest BCUT2D eigenvalue weighted by molar-refractivity contribution is 5.32. The van der Waals surface area contributed by atoms with Gasteiger partial charge in [-0.1, -0.05) is 23.8 Å². The van der Waals surface area contributed by atoms with Gasteiger partial charge in [-0.3, -0.25) is 0 Å². The fourth-order valence-electron chi connectivity index (χ4n) is 2.52. The minimum atomic E-state index is -2.35. The molecule has 94 valence electrons. The molecule has 0 aliphatic carbocycles. The molecule has 1 heterocycles. The number of halogens is 2. The van der Waals surface area contributed by atoms with E-state index in [0.29, 0.717) is 5.92 Å². The van der Waals surface area contributed by atoms with Gasteiger partial charge < -0.3 is 5.32 Å². The Hall–Kier alpha value is -0.960. The average Bonchev–Trinajstić information content (AvgIpc) is 2.30. The number of aryl methyl sites for hydroxylation is 1. The molecule has 1 N–H and O–H groups in total. The van der Waals surface area contributed by atoms with E-state index in [1.807, 2.05) is 13.0 Å². The summed E-state index contributed by atoms with van der Waals surface area (Å²) < 4.78 is 25.8. The Morgan fingerprint density at radius 3 is 2.65 bits per heavy atom. The monoisotopic (exact) mass is 239 g/mol. The molecule has 0 aromatic heterocycles. The number of hydrogen-bond donors (Lipinski definition) is 1. The van der Waals surface area contributed by atoms with Crippen molar-refractivity contribution >= 4 is 0 Å². The number of benzene rings is 1. The van der Waals surface area contributed by atoms with Crippen molar-refractivity contribution in [3.8, 4) is 0 Å². The standard InChI is InChI=1S/C14H19F2N/c1-10-2-3-13(14(15)16)12(8-10)9-11-4-6-17-7-5-11/h2-3,8,11,14,17H,4-7,9H2,1H3. The van der Waals surface area contributed by atoms with Gasteiger partial charge in [-0.05, 0) is 50.8 Å². The summed E-state index contributed by atoms with van der Waals surface area (Å²) >= 11 is 0. The first-order valence-corrected chi connectivity index (χ1v) is 6.25. The summed E-state index contributed by atoms with van der Waals surface area (Å²) in [6, 6.07) is 5.27. The summed E-state index contributed by atoms with van der Waals surface area (Å²) in [5.74, 6) is 0.551. The number of alkyl halides is 2. The van der Waals surface area contributed by atoms with E-state index in [0.717, 1.165) is 43.5 Å². The van der Waals surface area contributed by atoms with E-state index >= 15 is 0 Å². The number of nitrogens with one attached hydrogen (secondary N) is 1. The molecule has 1 aromatic carbocycles. The van der Waals surface area contributed by atoms with Gasteiger partial charge in [0.15, 0.2) is 0 Å². The Morgan fingerprint density at radius 1 is 1.29 bits per heavy atom. The van der Waals surface area contributed by atoms with Gasteiger partial charge in [-0.15, -0.1) is 0 Å². The predicted molar refractivity (Wildman–Crippen MR) is 65.4 cm³/mol. The summed E-state index contributed by atoms with van der Waals surface area (Å²) in [4.78, 5) is 0. The molecule has 0 spiro atoms. The Labute approximate surface area is 101 Å². The number of rotatable bonds is 3. The Bertz CT molecular complexity index is 370. The molecule has 0 radical (unpaired) electrons. The molecule has 0 saturated carbocycles. The molecule has 0 amide bonds.